The van der Waals surface area contributed by atoms with Gasteiger partial charge >= 0.3 is 5.97 Å². The Morgan fingerprint density at radius 1 is 1.33 bits per heavy atom. The van der Waals surface area contributed by atoms with Crippen LogP contribution in [0.4, 0.5) is 0 Å². The number of nitrogens with zero attached hydrogens (tertiary/aromatic N) is 1. The number of carboxylic acid groups (broad SMARTS) is 1. The monoisotopic (exact) mass is 344 g/mol. The second-order valence-corrected chi connectivity index (χ2v) is 5.48. The number of carbonyl (C=O) groups is 3. The van der Waals surface area contributed by atoms with E-state index < -0.39 is 36.0 Å². The predicted octanol–water partition coefficient (Wildman–Crippen LogP) is -3.55. The molecule has 1 saturated heterocycles. The Hall–Kier alpha value is -2.40. The average Bonchev–Trinajstić information content (AvgIpc) is 2.94. The van der Waals surface area contributed by atoms with E-state index in [0.29, 0.717) is 13.0 Å². The lowest BCUT2D eigenvalue weighted by molar-refractivity contribution is -0.141. The molecule has 0 saturated carbocycles. The number of β-amino-alcohol motifs (C(OH)–C–C–N with tert-alkyl or cyclic N) is 1. The molecule has 0 aromatic rings. The molecule has 0 aromatic carbocycles. The second-order valence-electron chi connectivity index (χ2n) is 5.48. The fourth-order valence-electron chi connectivity index (χ4n) is 2.21. The molecule has 3 atom stereocenters. The highest BCUT2D eigenvalue weighted by atomic mass is 16.4. The van der Waals surface area contributed by atoms with E-state index in [0.717, 1.165) is 0 Å². The molecular formula is C13H24N6O5. The lowest BCUT2D eigenvalue weighted by Gasteiger charge is -2.15. The Balaban J connectivity index is 2.32. The molecule has 1 aliphatic rings. The molecule has 1 fully saturated rings. The number of hydrogen-bond acceptors (Lipinski definition) is 6. The van der Waals surface area contributed by atoms with Crippen LogP contribution in [0.1, 0.15) is 19.3 Å². The number of hydrogen-bond donors (Lipinski definition) is 7. The molecule has 0 aliphatic carbocycles. The quantitative estimate of drug-likeness (QED) is 0.127. The molecule has 2 amide bonds. The van der Waals surface area contributed by atoms with Crippen molar-refractivity contribution < 1.29 is 24.6 Å². The average molecular weight is 344 g/mol. The summed E-state index contributed by atoms with van der Waals surface area (Å²) in [6, 6.07) is -1.64. The van der Waals surface area contributed by atoms with E-state index in [4.69, 9.17) is 16.6 Å². The normalized spacial score (nSPS) is 20.9. The number of aliphatic carboxylic acids is 1. The second kappa shape index (κ2) is 9.67. The van der Waals surface area contributed by atoms with Crippen LogP contribution < -0.4 is 27.4 Å². The van der Waals surface area contributed by atoms with Gasteiger partial charge in [0.25, 0.3) is 0 Å². The molecule has 0 aromatic heterocycles. The summed E-state index contributed by atoms with van der Waals surface area (Å²) in [6.07, 6.45) is 0.222. The van der Waals surface area contributed by atoms with Gasteiger partial charge in [0.2, 0.25) is 11.8 Å². The van der Waals surface area contributed by atoms with Gasteiger partial charge in [-0.25, -0.2) is 4.79 Å². The highest BCUT2D eigenvalue weighted by Crippen LogP contribution is 2.05. The van der Waals surface area contributed by atoms with E-state index in [1.54, 1.807) is 0 Å². The minimum absolute atomic E-state index is 0.0840. The smallest absolute Gasteiger partial charge is 0.326 e. The van der Waals surface area contributed by atoms with Crippen molar-refractivity contribution in [3.8, 4) is 0 Å². The zero-order chi connectivity index (χ0) is 18.1. The van der Waals surface area contributed by atoms with Gasteiger partial charge in [-0.15, -0.1) is 0 Å². The Kier molecular flexibility index (Phi) is 7.92. The molecule has 0 radical (unpaired) electrons. The summed E-state index contributed by atoms with van der Waals surface area (Å²) in [4.78, 5) is 38.4. The molecule has 11 heteroatoms. The zero-order valence-electron chi connectivity index (χ0n) is 13.2. The first-order chi connectivity index (χ1) is 11.3. The number of aliphatic hydroxyl groups excluding tert-OH is 1. The first-order valence-corrected chi connectivity index (χ1v) is 7.56. The van der Waals surface area contributed by atoms with Gasteiger partial charge in [0.05, 0.1) is 18.7 Å². The lowest BCUT2D eigenvalue weighted by Crippen LogP contribution is -2.48. The van der Waals surface area contributed by atoms with Crippen LogP contribution in [0.3, 0.4) is 0 Å². The minimum atomic E-state index is -1.18. The third kappa shape index (κ3) is 7.24. The van der Waals surface area contributed by atoms with Gasteiger partial charge < -0.3 is 37.6 Å². The molecule has 9 N–H and O–H groups in total. The number of nitrogens with one attached hydrogen (secondary N) is 3. The first kappa shape index (κ1) is 19.6. The molecule has 24 heavy (non-hydrogen) atoms. The van der Waals surface area contributed by atoms with Crippen molar-refractivity contribution in [1.29, 1.82) is 0 Å². The third-order valence-electron chi connectivity index (χ3n) is 3.43. The molecule has 0 unspecified atom stereocenters. The summed E-state index contributed by atoms with van der Waals surface area (Å²) < 4.78 is 0. The molecule has 1 aliphatic heterocycles. The number of nitrogens with two attached hydrogens (primary N) is 2. The Morgan fingerprint density at radius 2 is 2.04 bits per heavy atom. The predicted molar refractivity (Wildman–Crippen MR) is 84.9 cm³/mol. The molecule has 0 spiro atoms. The fourth-order valence-corrected chi connectivity index (χ4v) is 2.21. The van der Waals surface area contributed by atoms with Gasteiger partial charge in [-0.3, -0.25) is 14.6 Å². The van der Waals surface area contributed by atoms with Crippen LogP contribution in [0.15, 0.2) is 4.99 Å². The van der Waals surface area contributed by atoms with Gasteiger partial charge in [0.1, 0.15) is 6.04 Å². The first-order valence-electron chi connectivity index (χ1n) is 7.56. The van der Waals surface area contributed by atoms with Crippen molar-refractivity contribution in [2.45, 2.75) is 37.5 Å². The Labute approximate surface area is 138 Å². The van der Waals surface area contributed by atoms with Gasteiger partial charge in [0, 0.05) is 13.1 Å². The third-order valence-corrected chi connectivity index (χ3v) is 3.43. The number of aliphatic hydroxyl groups is 1. The number of rotatable bonds is 9. The molecule has 1 heterocycles. The van der Waals surface area contributed by atoms with Crippen LogP contribution in [0.5, 0.6) is 0 Å². The maximum absolute atomic E-state index is 11.8. The van der Waals surface area contributed by atoms with Gasteiger partial charge in [-0.2, -0.15) is 0 Å². The summed E-state index contributed by atoms with van der Waals surface area (Å²) in [5.74, 6) is -2.29. The molecular weight excluding hydrogens is 320 g/mol. The summed E-state index contributed by atoms with van der Waals surface area (Å²) in [5.41, 5.74) is 10.3. The molecule has 11 nitrogen and oxygen atoms in total. The van der Waals surface area contributed by atoms with E-state index in [1.807, 2.05) is 0 Å². The Bertz CT molecular complexity index is 493. The lowest BCUT2D eigenvalue weighted by atomic mass is 10.1. The number of carbonyl (C=O) groups excluding carboxylic acids is 2. The van der Waals surface area contributed by atoms with Crippen molar-refractivity contribution >= 4 is 23.7 Å². The van der Waals surface area contributed by atoms with Crippen LogP contribution in [0.25, 0.3) is 0 Å². The van der Waals surface area contributed by atoms with E-state index in [2.05, 4.69) is 20.9 Å². The van der Waals surface area contributed by atoms with Gasteiger partial charge in [0.15, 0.2) is 5.96 Å². The highest BCUT2D eigenvalue weighted by Gasteiger charge is 2.28. The fraction of sp³-hybridized carbons (Fsp3) is 0.692. The van der Waals surface area contributed by atoms with Crippen molar-refractivity contribution in [3.63, 3.8) is 0 Å². The van der Waals surface area contributed by atoms with Crippen LogP contribution in [-0.4, -0.2) is 71.8 Å². The van der Waals surface area contributed by atoms with Crippen molar-refractivity contribution in [1.82, 2.24) is 16.0 Å². The number of amides is 2. The summed E-state index contributed by atoms with van der Waals surface area (Å²) in [5, 5.41) is 26.0. The summed E-state index contributed by atoms with van der Waals surface area (Å²) >= 11 is 0. The van der Waals surface area contributed by atoms with Crippen molar-refractivity contribution in [2.75, 3.05) is 19.6 Å². The van der Waals surface area contributed by atoms with Gasteiger partial charge in [-0.1, -0.05) is 0 Å². The topological polar surface area (TPSA) is 192 Å². The molecule has 1 rings (SSSR count). The largest absolute Gasteiger partial charge is 0.480 e. The molecule has 0 bridgehead atoms. The summed E-state index contributed by atoms with van der Waals surface area (Å²) in [7, 11) is 0. The van der Waals surface area contributed by atoms with Crippen molar-refractivity contribution in [2.24, 2.45) is 16.5 Å². The summed E-state index contributed by atoms with van der Waals surface area (Å²) in [6.45, 7) is 0.236. The van der Waals surface area contributed by atoms with Gasteiger partial charge in [-0.05, 0) is 19.3 Å². The van der Waals surface area contributed by atoms with E-state index in [-0.39, 0.29) is 31.9 Å². The number of carboxylic acids is 1. The zero-order valence-corrected chi connectivity index (χ0v) is 13.2. The van der Waals surface area contributed by atoms with E-state index >= 15 is 0 Å². The maximum Gasteiger partial charge on any atom is 0.326 e. The van der Waals surface area contributed by atoms with Crippen LogP contribution in [0, 0.1) is 0 Å². The Morgan fingerprint density at radius 3 is 2.58 bits per heavy atom. The van der Waals surface area contributed by atoms with Crippen LogP contribution in [-0.2, 0) is 14.4 Å². The van der Waals surface area contributed by atoms with E-state index in [9.17, 15) is 19.5 Å². The van der Waals surface area contributed by atoms with Crippen molar-refractivity contribution in [3.05, 3.63) is 0 Å². The SMILES string of the molecule is NC(N)=NCCC[C@H](NC(=O)CNC(=O)[C@@H]1C[C@@H](O)CN1)C(=O)O. The van der Waals surface area contributed by atoms with E-state index in [1.165, 1.54) is 0 Å². The highest BCUT2D eigenvalue weighted by molar-refractivity contribution is 5.89. The van der Waals surface area contributed by atoms with Crippen LogP contribution >= 0.6 is 0 Å². The number of aliphatic imine (C=N–C) groups is 1. The maximum atomic E-state index is 11.8. The van der Waals surface area contributed by atoms with Crippen LogP contribution in [0.2, 0.25) is 0 Å². The molecule has 136 valence electrons. The minimum Gasteiger partial charge on any atom is -0.480 e. The number of guanidine groups is 1. The standard InChI is InChI=1S/C13H24N6O5/c14-13(15)16-3-1-2-8(12(23)24)19-10(21)6-18-11(22)9-4-7(20)5-17-9/h7-9,17,20H,1-6H2,(H,18,22)(H,19,21)(H,23,24)(H4,14,15,16)/t7-,8+,9+/m1/s1.